The number of hydrogen-bond donors (Lipinski definition) is 1. The Balaban J connectivity index is 2.49. The van der Waals surface area contributed by atoms with Crippen LogP contribution in [0, 0.1) is 5.82 Å². The van der Waals surface area contributed by atoms with Crippen LogP contribution >= 0.6 is 0 Å². The van der Waals surface area contributed by atoms with Gasteiger partial charge in [0.15, 0.2) is 6.29 Å². The Bertz CT molecular complexity index is 447. The minimum Gasteiger partial charge on any atom is -0.296 e. The topological polar surface area (TPSA) is 45.8 Å². The van der Waals surface area contributed by atoms with Crippen molar-refractivity contribution in [3.05, 3.63) is 42.0 Å². The Kier molecular flexibility index (Phi) is 2.10. The number of nitrogens with zero attached hydrogens (tertiary/aromatic N) is 1. The highest BCUT2D eigenvalue weighted by atomic mass is 19.1. The second kappa shape index (κ2) is 3.41. The number of halogens is 1. The highest BCUT2D eigenvalue weighted by Crippen LogP contribution is 2.20. The van der Waals surface area contributed by atoms with Crippen LogP contribution in [-0.2, 0) is 0 Å². The fraction of sp³-hybridized carbons (Fsp3) is 0. The molecule has 1 aromatic carbocycles. The van der Waals surface area contributed by atoms with Gasteiger partial charge in [-0.2, -0.15) is 5.10 Å². The van der Waals surface area contributed by atoms with Crippen molar-refractivity contribution in [1.82, 2.24) is 10.2 Å². The molecule has 0 atom stereocenters. The van der Waals surface area contributed by atoms with Crippen LogP contribution in [0.15, 0.2) is 30.5 Å². The standard InChI is InChI=1S/C10H7FN2O/c11-8-3-1-7(2-4-8)9-5-12-13-10(9)6-14/h1-6H,(H,12,13). The second-order valence-corrected chi connectivity index (χ2v) is 2.82. The fourth-order valence-electron chi connectivity index (χ4n) is 1.25. The van der Waals surface area contributed by atoms with Crippen LogP contribution in [0.1, 0.15) is 10.5 Å². The fourth-order valence-corrected chi connectivity index (χ4v) is 1.25. The second-order valence-electron chi connectivity index (χ2n) is 2.82. The molecule has 14 heavy (non-hydrogen) atoms. The van der Waals surface area contributed by atoms with Gasteiger partial charge < -0.3 is 0 Å². The van der Waals surface area contributed by atoms with Crippen molar-refractivity contribution >= 4 is 6.29 Å². The molecular weight excluding hydrogens is 183 g/mol. The molecule has 0 amide bonds. The molecule has 1 heterocycles. The largest absolute Gasteiger partial charge is 0.296 e. The number of hydrogen-bond acceptors (Lipinski definition) is 2. The van der Waals surface area contributed by atoms with E-state index < -0.39 is 0 Å². The van der Waals surface area contributed by atoms with Crippen LogP contribution < -0.4 is 0 Å². The van der Waals surface area contributed by atoms with E-state index in [1.165, 1.54) is 18.3 Å². The Morgan fingerprint density at radius 1 is 1.29 bits per heavy atom. The number of carbonyl (C=O) groups excluding carboxylic acids is 1. The molecule has 0 radical (unpaired) electrons. The van der Waals surface area contributed by atoms with Gasteiger partial charge in [0.05, 0.1) is 6.20 Å². The lowest BCUT2D eigenvalue weighted by molar-refractivity contribution is 0.111. The van der Waals surface area contributed by atoms with E-state index in [2.05, 4.69) is 10.2 Å². The van der Waals surface area contributed by atoms with E-state index >= 15 is 0 Å². The summed E-state index contributed by atoms with van der Waals surface area (Å²) in [6.45, 7) is 0. The third kappa shape index (κ3) is 1.42. The number of aldehydes is 1. The van der Waals surface area contributed by atoms with Crippen LogP contribution in [0.4, 0.5) is 4.39 Å². The summed E-state index contributed by atoms with van der Waals surface area (Å²) in [4.78, 5) is 10.6. The lowest BCUT2D eigenvalue weighted by atomic mass is 10.1. The van der Waals surface area contributed by atoms with Crippen molar-refractivity contribution in [2.45, 2.75) is 0 Å². The van der Waals surface area contributed by atoms with E-state index in [0.29, 0.717) is 17.5 Å². The van der Waals surface area contributed by atoms with Crippen LogP contribution in [0.2, 0.25) is 0 Å². The van der Waals surface area contributed by atoms with E-state index in [4.69, 9.17) is 0 Å². The zero-order valence-corrected chi connectivity index (χ0v) is 7.20. The molecule has 0 aliphatic carbocycles. The van der Waals surface area contributed by atoms with E-state index in [9.17, 15) is 9.18 Å². The first-order chi connectivity index (χ1) is 6.81. The van der Waals surface area contributed by atoms with Gasteiger partial charge in [-0.1, -0.05) is 12.1 Å². The lowest BCUT2D eigenvalue weighted by Gasteiger charge is -1.97. The van der Waals surface area contributed by atoms with Crippen LogP contribution in [0.5, 0.6) is 0 Å². The number of rotatable bonds is 2. The van der Waals surface area contributed by atoms with Gasteiger partial charge in [-0.05, 0) is 17.7 Å². The third-order valence-corrected chi connectivity index (χ3v) is 1.94. The molecule has 0 unspecified atom stereocenters. The van der Waals surface area contributed by atoms with Gasteiger partial charge in [0, 0.05) is 5.56 Å². The van der Waals surface area contributed by atoms with Crippen LogP contribution in [-0.4, -0.2) is 16.5 Å². The molecule has 2 aromatic rings. The normalized spacial score (nSPS) is 10.1. The van der Waals surface area contributed by atoms with Gasteiger partial charge in [-0.15, -0.1) is 0 Å². The summed E-state index contributed by atoms with van der Waals surface area (Å²) in [5.41, 5.74) is 1.85. The van der Waals surface area contributed by atoms with Gasteiger partial charge in [0.2, 0.25) is 0 Å². The number of aromatic nitrogens is 2. The molecule has 0 fully saturated rings. The number of carbonyl (C=O) groups is 1. The van der Waals surface area contributed by atoms with Gasteiger partial charge in [-0.25, -0.2) is 4.39 Å². The molecule has 70 valence electrons. The van der Waals surface area contributed by atoms with Crippen molar-refractivity contribution in [1.29, 1.82) is 0 Å². The van der Waals surface area contributed by atoms with Gasteiger partial charge in [0.1, 0.15) is 11.5 Å². The Hall–Kier alpha value is -1.97. The Labute approximate surface area is 79.6 Å². The maximum Gasteiger partial charge on any atom is 0.168 e. The first kappa shape index (κ1) is 8.62. The van der Waals surface area contributed by atoms with Crippen LogP contribution in [0.3, 0.4) is 0 Å². The maximum absolute atomic E-state index is 12.6. The van der Waals surface area contributed by atoms with Crippen molar-refractivity contribution in [2.75, 3.05) is 0 Å². The summed E-state index contributed by atoms with van der Waals surface area (Å²) in [6, 6.07) is 5.90. The summed E-state index contributed by atoms with van der Waals surface area (Å²) in [6.07, 6.45) is 2.22. The number of aromatic amines is 1. The summed E-state index contributed by atoms with van der Waals surface area (Å²) in [5.74, 6) is -0.301. The minimum absolute atomic E-state index is 0.301. The zero-order chi connectivity index (χ0) is 9.97. The van der Waals surface area contributed by atoms with E-state index in [-0.39, 0.29) is 5.82 Å². The number of H-pyrrole nitrogens is 1. The molecule has 0 bridgehead atoms. The molecule has 1 aromatic heterocycles. The predicted molar refractivity (Wildman–Crippen MR) is 49.4 cm³/mol. The van der Waals surface area contributed by atoms with Crippen LogP contribution in [0.25, 0.3) is 11.1 Å². The molecule has 0 saturated carbocycles. The predicted octanol–water partition coefficient (Wildman–Crippen LogP) is 2.03. The number of benzene rings is 1. The zero-order valence-electron chi connectivity index (χ0n) is 7.20. The molecule has 0 spiro atoms. The van der Waals surface area contributed by atoms with Crippen molar-refractivity contribution in [3.63, 3.8) is 0 Å². The molecule has 0 saturated heterocycles. The molecule has 0 aliphatic rings. The molecule has 2 rings (SSSR count). The number of nitrogens with one attached hydrogen (secondary N) is 1. The highest BCUT2D eigenvalue weighted by Gasteiger charge is 2.05. The Morgan fingerprint density at radius 2 is 2.00 bits per heavy atom. The molecule has 3 nitrogen and oxygen atoms in total. The smallest absolute Gasteiger partial charge is 0.168 e. The monoisotopic (exact) mass is 190 g/mol. The van der Waals surface area contributed by atoms with E-state index in [1.807, 2.05) is 0 Å². The first-order valence-corrected chi connectivity index (χ1v) is 4.06. The summed E-state index contributed by atoms with van der Waals surface area (Å²) in [5, 5.41) is 6.30. The lowest BCUT2D eigenvalue weighted by Crippen LogP contribution is -1.84. The van der Waals surface area contributed by atoms with Crippen molar-refractivity contribution in [2.24, 2.45) is 0 Å². The Morgan fingerprint density at radius 3 is 2.64 bits per heavy atom. The first-order valence-electron chi connectivity index (χ1n) is 4.06. The quantitative estimate of drug-likeness (QED) is 0.736. The van der Waals surface area contributed by atoms with Crippen molar-refractivity contribution in [3.8, 4) is 11.1 Å². The van der Waals surface area contributed by atoms with Crippen molar-refractivity contribution < 1.29 is 9.18 Å². The average molecular weight is 190 g/mol. The van der Waals surface area contributed by atoms with Gasteiger partial charge in [-0.3, -0.25) is 9.89 Å². The average Bonchev–Trinajstić information content (AvgIpc) is 2.67. The molecular formula is C10H7FN2O. The third-order valence-electron chi connectivity index (χ3n) is 1.94. The van der Waals surface area contributed by atoms with Gasteiger partial charge >= 0.3 is 0 Å². The summed E-state index contributed by atoms with van der Waals surface area (Å²) in [7, 11) is 0. The van der Waals surface area contributed by atoms with E-state index in [0.717, 1.165) is 5.56 Å². The van der Waals surface area contributed by atoms with E-state index in [1.54, 1.807) is 12.1 Å². The summed E-state index contributed by atoms with van der Waals surface area (Å²) < 4.78 is 12.6. The van der Waals surface area contributed by atoms with Gasteiger partial charge in [0.25, 0.3) is 0 Å². The maximum atomic E-state index is 12.6. The molecule has 4 heteroatoms. The molecule has 1 N–H and O–H groups in total. The minimum atomic E-state index is -0.301. The highest BCUT2D eigenvalue weighted by molar-refractivity contribution is 5.84. The summed E-state index contributed by atoms with van der Waals surface area (Å²) >= 11 is 0. The molecule has 0 aliphatic heterocycles. The SMILES string of the molecule is O=Cc1[nH]ncc1-c1ccc(F)cc1.